The minimum absolute atomic E-state index is 0.235. The van der Waals surface area contributed by atoms with Crippen LogP contribution in [0.5, 0.6) is 0 Å². The first-order chi connectivity index (χ1) is 9.11. The summed E-state index contributed by atoms with van der Waals surface area (Å²) in [5.74, 6) is 0.718. The third kappa shape index (κ3) is 3.32. The van der Waals surface area contributed by atoms with E-state index in [9.17, 15) is 0 Å². The second kappa shape index (κ2) is 6.55. The van der Waals surface area contributed by atoms with Gasteiger partial charge in [-0.05, 0) is 38.5 Å². The number of hydrogen-bond acceptors (Lipinski definition) is 3. The predicted octanol–water partition coefficient (Wildman–Crippen LogP) is 2.78. The van der Waals surface area contributed by atoms with Gasteiger partial charge in [-0.2, -0.15) is 0 Å². The van der Waals surface area contributed by atoms with Crippen LogP contribution in [-0.4, -0.2) is 42.3 Å². The minimum Gasteiger partial charge on any atom is -0.378 e. The van der Waals surface area contributed by atoms with E-state index in [0.717, 1.165) is 38.0 Å². The smallest absolute Gasteiger partial charge is 0.0611 e. The first kappa shape index (κ1) is 15.3. The molecule has 2 aliphatic carbocycles. The maximum absolute atomic E-state index is 6.17. The van der Waals surface area contributed by atoms with Crippen LogP contribution in [0.3, 0.4) is 0 Å². The van der Waals surface area contributed by atoms with E-state index in [0.29, 0.717) is 6.10 Å². The van der Waals surface area contributed by atoms with Crippen molar-refractivity contribution >= 4 is 0 Å². The Morgan fingerprint density at radius 3 is 2.37 bits per heavy atom. The molecule has 0 spiro atoms. The van der Waals surface area contributed by atoms with Gasteiger partial charge in [-0.25, -0.2) is 0 Å². The van der Waals surface area contributed by atoms with Crippen molar-refractivity contribution < 1.29 is 4.74 Å². The molecule has 0 atom stereocenters. The molecule has 3 heteroatoms. The summed E-state index contributed by atoms with van der Waals surface area (Å²) in [5.41, 5.74) is 6.41. The van der Waals surface area contributed by atoms with Gasteiger partial charge in [0.1, 0.15) is 0 Å². The quantitative estimate of drug-likeness (QED) is 0.771. The summed E-state index contributed by atoms with van der Waals surface area (Å²) in [6.07, 6.45) is 8.26. The molecule has 0 aliphatic heterocycles. The fourth-order valence-electron chi connectivity index (χ4n) is 4.00. The van der Waals surface area contributed by atoms with E-state index in [1.807, 2.05) is 0 Å². The van der Waals surface area contributed by atoms with Crippen molar-refractivity contribution in [1.29, 1.82) is 0 Å². The molecule has 0 heterocycles. The van der Waals surface area contributed by atoms with Crippen molar-refractivity contribution in [2.75, 3.05) is 19.7 Å². The summed E-state index contributed by atoms with van der Waals surface area (Å²) in [4.78, 5) is 2.76. The molecule has 2 fully saturated rings. The first-order valence-electron chi connectivity index (χ1n) is 8.19. The topological polar surface area (TPSA) is 38.5 Å². The molecule has 2 rings (SSSR count). The zero-order chi connectivity index (χ0) is 13.9. The SMILES string of the molecule is CCOC1CC(CN)(N(CC(C)C)C2CCCC2)C1. The van der Waals surface area contributed by atoms with E-state index in [-0.39, 0.29) is 5.54 Å². The fourth-order valence-corrected chi connectivity index (χ4v) is 4.00. The van der Waals surface area contributed by atoms with Gasteiger partial charge in [-0.15, -0.1) is 0 Å². The molecule has 0 saturated heterocycles. The highest BCUT2D eigenvalue weighted by Crippen LogP contribution is 2.43. The number of rotatable bonds is 7. The van der Waals surface area contributed by atoms with E-state index in [4.69, 9.17) is 10.5 Å². The number of nitrogens with two attached hydrogens (primary N) is 1. The highest BCUT2D eigenvalue weighted by molar-refractivity contribution is 5.06. The lowest BCUT2D eigenvalue weighted by Crippen LogP contribution is -2.66. The molecule has 19 heavy (non-hydrogen) atoms. The van der Waals surface area contributed by atoms with Gasteiger partial charge >= 0.3 is 0 Å². The summed E-state index contributed by atoms with van der Waals surface area (Å²) in [6.45, 7) is 9.56. The number of hydrogen-bond donors (Lipinski definition) is 1. The Morgan fingerprint density at radius 1 is 1.26 bits per heavy atom. The molecule has 0 aromatic rings. The first-order valence-corrected chi connectivity index (χ1v) is 8.19. The summed E-state index contributed by atoms with van der Waals surface area (Å²) in [7, 11) is 0. The Morgan fingerprint density at radius 2 is 1.89 bits per heavy atom. The lowest BCUT2D eigenvalue weighted by atomic mass is 9.71. The molecular formula is C16H32N2O. The molecule has 0 radical (unpaired) electrons. The summed E-state index contributed by atoms with van der Waals surface area (Å²) < 4.78 is 5.77. The molecule has 3 nitrogen and oxygen atoms in total. The Kier molecular flexibility index (Phi) is 5.27. The van der Waals surface area contributed by atoms with E-state index >= 15 is 0 Å². The maximum Gasteiger partial charge on any atom is 0.0611 e. The van der Waals surface area contributed by atoms with Crippen molar-refractivity contribution in [2.24, 2.45) is 11.7 Å². The minimum atomic E-state index is 0.235. The molecule has 0 aromatic carbocycles. The van der Waals surface area contributed by atoms with Crippen LogP contribution in [0.1, 0.15) is 59.3 Å². The van der Waals surface area contributed by atoms with E-state index in [1.54, 1.807) is 0 Å². The van der Waals surface area contributed by atoms with Gasteiger partial charge in [0.15, 0.2) is 0 Å². The zero-order valence-electron chi connectivity index (χ0n) is 13.0. The van der Waals surface area contributed by atoms with Gasteiger partial charge in [0.25, 0.3) is 0 Å². The predicted molar refractivity (Wildman–Crippen MR) is 80.2 cm³/mol. The molecule has 0 amide bonds. The molecule has 0 unspecified atom stereocenters. The van der Waals surface area contributed by atoms with E-state index < -0.39 is 0 Å². The number of ether oxygens (including phenoxy) is 1. The van der Waals surface area contributed by atoms with Gasteiger partial charge < -0.3 is 10.5 Å². The molecule has 0 aromatic heterocycles. The third-order valence-corrected chi connectivity index (χ3v) is 4.93. The average Bonchev–Trinajstić information content (AvgIpc) is 2.84. The maximum atomic E-state index is 6.17. The summed E-state index contributed by atoms with van der Waals surface area (Å²) in [6, 6.07) is 0.772. The molecule has 2 saturated carbocycles. The van der Waals surface area contributed by atoms with Gasteiger partial charge in [0.05, 0.1) is 6.10 Å². The second-order valence-electron chi connectivity index (χ2n) is 6.90. The van der Waals surface area contributed by atoms with Crippen LogP contribution < -0.4 is 5.73 Å². The van der Waals surface area contributed by atoms with Crippen LogP contribution in [0.25, 0.3) is 0 Å². The van der Waals surface area contributed by atoms with E-state index in [2.05, 4.69) is 25.7 Å². The Hall–Kier alpha value is -0.120. The number of nitrogens with zero attached hydrogens (tertiary/aromatic N) is 1. The van der Waals surface area contributed by atoms with Crippen molar-refractivity contribution in [3.8, 4) is 0 Å². The van der Waals surface area contributed by atoms with Crippen molar-refractivity contribution in [1.82, 2.24) is 4.90 Å². The van der Waals surface area contributed by atoms with Gasteiger partial charge in [0.2, 0.25) is 0 Å². The highest BCUT2D eigenvalue weighted by Gasteiger charge is 2.50. The fraction of sp³-hybridized carbons (Fsp3) is 1.00. The molecule has 2 aliphatic rings. The van der Waals surface area contributed by atoms with Crippen LogP contribution >= 0.6 is 0 Å². The molecular weight excluding hydrogens is 236 g/mol. The molecule has 112 valence electrons. The molecule has 2 N–H and O–H groups in total. The Labute approximate surface area is 118 Å². The molecule has 0 bridgehead atoms. The van der Waals surface area contributed by atoms with Gasteiger partial charge in [-0.1, -0.05) is 26.7 Å². The summed E-state index contributed by atoms with van der Waals surface area (Å²) in [5, 5.41) is 0. The Bertz CT molecular complexity index is 268. The van der Waals surface area contributed by atoms with Crippen LogP contribution in [-0.2, 0) is 4.74 Å². The zero-order valence-corrected chi connectivity index (χ0v) is 13.0. The lowest BCUT2D eigenvalue weighted by Gasteiger charge is -2.56. The van der Waals surface area contributed by atoms with Crippen LogP contribution in [0, 0.1) is 5.92 Å². The van der Waals surface area contributed by atoms with Crippen LogP contribution in [0.4, 0.5) is 0 Å². The van der Waals surface area contributed by atoms with Gasteiger partial charge in [0, 0.05) is 31.3 Å². The van der Waals surface area contributed by atoms with E-state index in [1.165, 1.54) is 32.2 Å². The average molecular weight is 268 g/mol. The van der Waals surface area contributed by atoms with Crippen molar-refractivity contribution in [2.45, 2.75) is 77.0 Å². The highest BCUT2D eigenvalue weighted by atomic mass is 16.5. The normalized spacial score (nSPS) is 32.2. The summed E-state index contributed by atoms with van der Waals surface area (Å²) >= 11 is 0. The van der Waals surface area contributed by atoms with Gasteiger partial charge in [-0.3, -0.25) is 4.90 Å². The van der Waals surface area contributed by atoms with Crippen LogP contribution in [0.15, 0.2) is 0 Å². The lowest BCUT2D eigenvalue weighted by molar-refractivity contribution is -0.116. The second-order valence-corrected chi connectivity index (χ2v) is 6.90. The Balaban J connectivity index is 2.03. The largest absolute Gasteiger partial charge is 0.378 e. The van der Waals surface area contributed by atoms with Crippen molar-refractivity contribution in [3.05, 3.63) is 0 Å². The third-order valence-electron chi connectivity index (χ3n) is 4.93. The standard InChI is InChI=1S/C16H32N2O/c1-4-19-15-9-16(10-15,12-17)18(11-13(2)3)14-7-5-6-8-14/h13-15H,4-12,17H2,1-3H3. The monoisotopic (exact) mass is 268 g/mol. The van der Waals surface area contributed by atoms with Crippen molar-refractivity contribution in [3.63, 3.8) is 0 Å². The van der Waals surface area contributed by atoms with Crippen LogP contribution in [0.2, 0.25) is 0 Å².